The second-order valence-electron chi connectivity index (χ2n) is 6.73. The van der Waals surface area contributed by atoms with Crippen molar-refractivity contribution in [1.82, 2.24) is 15.0 Å². The number of aromatic amines is 2. The van der Waals surface area contributed by atoms with E-state index in [9.17, 15) is 4.79 Å². The van der Waals surface area contributed by atoms with Crippen molar-refractivity contribution in [2.75, 3.05) is 0 Å². The van der Waals surface area contributed by atoms with Crippen LogP contribution in [0.5, 0.6) is 0 Å². The number of benzene rings is 1. The van der Waals surface area contributed by atoms with E-state index < -0.39 is 0 Å². The number of ether oxygens (including phenoxy) is 1. The summed E-state index contributed by atoms with van der Waals surface area (Å²) >= 11 is 0. The first-order valence-corrected chi connectivity index (χ1v) is 8.82. The Morgan fingerprint density at radius 1 is 1.27 bits per heavy atom. The lowest BCUT2D eigenvalue weighted by Crippen LogP contribution is -2.23. The molecule has 6 nitrogen and oxygen atoms in total. The molecule has 0 aliphatic rings. The second-order valence-corrected chi connectivity index (χ2v) is 6.73. The Balaban J connectivity index is 2.04. The minimum atomic E-state index is -0.359. The molecule has 0 amide bonds. The second kappa shape index (κ2) is 6.05. The average molecular weight is 349 g/mol. The highest BCUT2D eigenvalue weighted by molar-refractivity contribution is 6.19. The maximum absolute atomic E-state index is 12.4. The van der Waals surface area contributed by atoms with E-state index in [2.05, 4.69) is 21.9 Å². The summed E-state index contributed by atoms with van der Waals surface area (Å²) in [7, 11) is 0. The number of esters is 1. The van der Waals surface area contributed by atoms with E-state index in [0.29, 0.717) is 5.69 Å². The first kappa shape index (κ1) is 16.4. The molecule has 26 heavy (non-hydrogen) atoms. The molecule has 4 aromatic rings. The van der Waals surface area contributed by atoms with Crippen LogP contribution in [0.25, 0.3) is 32.8 Å². The molecule has 0 aliphatic heterocycles. The maximum Gasteiger partial charge on any atom is 0.404 e. The van der Waals surface area contributed by atoms with Crippen LogP contribution >= 0.6 is 0 Å². The molecule has 3 aromatic heterocycles. The molecule has 1 aromatic carbocycles. The van der Waals surface area contributed by atoms with Crippen LogP contribution in [-0.4, -0.2) is 27.0 Å². The van der Waals surface area contributed by atoms with E-state index in [4.69, 9.17) is 9.72 Å². The molecule has 3 heterocycles. The number of nitrogens with zero attached hydrogens (tertiary/aromatic N) is 2. The Morgan fingerprint density at radius 3 is 2.81 bits per heavy atom. The highest BCUT2D eigenvalue weighted by atomic mass is 16.5. The molecule has 0 saturated heterocycles. The van der Waals surface area contributed by atoms with Crippen molar-refractivity contribution in [3.63, 3.8) is 0 Å². The van der Waals surface area contributed by atoms with Crippen molar-refractivity contribution >= 4 is 38.8 Å². The Morgan fingerprint density at radius 2 is 2.08 bits per heavy atom. The number of pyridine rings is 1. The first-order chi connectivity index (χ1) is 12.5. The monoisotopic (exact) mass is 349 g/mol. The number of H-pyrrole nitrogens is 2. The van der Waals surface area contributed by atoms with Gasteiger partial charge in [0.1, 0.15) is 5.52 Å². The van der Waals surface area contributed by atoms with Crippen molar-refractivity contribution in [2.45, 2.75) is 40.2 Å². The molecule has 0 spiro atoms. The van der Waals surface area contributed by atoms with Gasteiger partial charge in [0, 0.05) is 28.2 Å². The van der Waals surface area contributed by atoms with Crippen LogP contribution in [-0.2, 0) is 11.2 Å². The van der Waals surface area contributed by atoms with Gasteiger partial charge in [0.15, 0.2) is 6.20 Å². The third kappa shape index (κ3) is 2.49. The quantitative estimate of drug-likeness (QED) is 0.574. The zero-order chi connectivity index (χ0) is 18.4. The molecule has 0 saturated carbocycles. The van der Waals surface area contributed by atoms with Crippen LogP contribution < -0.4 is 4.98 Å². The summed E-state index contributed by atoms with van der Waals surface area (Å²) in [6.07, 6.45) is 4.33. The highest BCUT2D eigenvalue weighted by Crippen LogP contribution is 2.32. The molecule has 0 unspecified atom stereocenters. The molecule has 6 heteroatoms. The van der Waals surface area contributed by atoms with E-state index in [0.717, 1.165) is 50.5 Å². The van der Waals surface area contributed by atoms with Crippen molar-refractivity contribution in [3.05, 3.63) is 41.5 Å². The number of aryl methyl sites for hydroxylation is 2. The number of nitrogens with one attached hydrogen (secondary N) is 2. The van der Waals surface area contributed by atoms with Crippen LogP contribution in [0.2, 0.25) is 0 Å². The number of hydrogen-bond donors (Lipinski definition) is 1. The van der Waals surface area contributed by atoms with E-state index in [1.807, 2.05) is 39.1 Å². The predicted octanol–water partition coefficient (Wildman–Crippen LogP) is 3.51. The summed E-state index contributed by atoms with van der Waals surface area (Å²) in [6.45, 7) is 7.68. The number of fused-ring (bicyclic) bond motifs is 5. The number of aromatic nitrogens is 4. The number of rotatable bonds is 3. The average Bonchev–Trinajstić information content (AvgIpc) is 3.00. The summed E-state index contributed by atoms with van der Waals surface area (Å²) in [6, 6.07) is 3.99. The standard InChI is InChI=1S/C20H20N4O2/c1-5-12-8-21-19-14(23-12)7-6-13-17(19)16-11(4)18(20(25)26-10(2)3)22-9-15(16)24-13/h6-10,23H,5H2,1-4H3/p+1. The lowest BCUT2D eigenvalue weighted by atomic mass is 10.1. The van der Waals surface area contributed by atoms with Gasteiger partial charge in [-0.1, -0.05) is 6.92 Å². The fourth-order valence-corrected chi connectivity index (χ4v) is 3.34. The van der Waals surface area contributed by atoms with Gasteiger partial charge in [0.2, 0.25) is 0 Å². The lowest BCUT2D eigenvalue weighted by molar-refractivity contribution is -0.382. The normalized spacial score (nSPS) is 11.7. The molecule has 0 atom stereocenters. The van der Waals surface area contributed by atoms with Crippen molar-refractivity contribution in [1.29, 1.82) is 0 Å². The third-order valence-corrected chi connectivity index (χ3v) is 4.58. The van der Waals surface area contributed by atoms with E-state index >= 15 is 0 Å². The van der Waals surface area contributed by atoms with Crippen molar-refractivity contribution in [2.24, 2.45) is 0 Å². The van der Waals surface area contributed by atoms with Crippen molar-refractivity contribution in [3.8, 4) is 0 Å². The molecular weight excluding hydrogens is 328 g/mol. The molecule has 0 bridgehead atoms. The van der Waals surface area contributed by atoms with Gasteiger partial charge >= 0.3 is 5.97 Å². The first-order valence-electron chi connectivity index (χ1n) is 8.82. The Kier molecular flexibility index (Phi) is 3.83. The summed E-state index contributed by atoms with van der Waals surface area (Å²) in [4.78, 5) is 28.3. The maximum atomic E-state index is 12.4. The Bertz CT molecular complexity index is 1160. The molecule has 0 aliphatic carbocycles. The van der Waals surface area contributed by atoms with E-state index in [-0.39, 0.29) is 12.1 Å². The molecule has 0 fully saturated rings. The molecule has 4 rings (SSSR count). The predicted molar refractivity (Wildman–Crippen MR) is 100 cm³/mol. The van der Waals surface area contributed by atoms with Crippen molar-refractivity contribution < 1.29 is 14.5 Å². The summed E-state index contributed by atoms with van der Waals surface area (Å²) < 4.78 is 5.36. The Hall–Kier alpha value is -3.02. The molecule has 0 radical (unpaired) electrons. The highest BCUT2D eigenvalue weighted by Gasteiger charge is 2.25. The van der Waals surface area contributed by atoms with Gasteiger partial charge in [-0.15, -0.1) is 0 Å². The molecule has 2 N–H and O–H groups in total. The fraction of sp³-hybridized carbons (Fsp3) is 0.300. The summed E-state index contributed by atoms with van der Waals surface area (Å²) in [5.74, 6) is -0.359. The molecule has 132 valence electrons. The third-order valence-electron chi connectivity index (χ3n) is 4.58. The number of carbonyl (C=O) groups is 1. The number of carbonyl (C=O) groups excluding carboxylic acids is 1. The Labute approximate surface area is 150 Å². The minimum Gasteiger partial charge on any atom is -0.455 e. The van der Waals surface area contributed by atoms with E-state index in [1.54, 1.807) is 6.20 Å². The lowest BCUT2D eigenvalue weighted by Gasteiger charge is -2.07. The molecular formula is C20H21N4O2+. The van der Waals surface area contributed by atoms with E-state index in [1.165, 1.54) is 0 Å². The topological polar surface area (TPSA) is 82.0 Å². The van der Waals surface area contributed by atoms with Gasteiger partial charge in [-0.2, -0.15) is 0 Å². The van der Waals surface area contributed by atoms with Crippen LogP contribution in [0.15, 0.2) is 24.5 Å². The van der Waals surface area contributed by atoms with Crippen LogP contribution in [0.3, 0.4) is 0 Å². The van der Waals surface area contributed by atoms with Gasteiger partial charge in [-0.25, -0.2) is 14.8 Å². The van der Waals surface area contributed by atoms with Gasteiger partial charge < -0.3 is 9.72 Å². The van der Waals surface area contributed by atoms with Crippen LogP contribution in [0.1, 0.15) is 42.5 Å². The fourth-order valence-electron chi connectivity index (χ4n) is 3.34. The van der Waals surface area contributed by atoms with Gasteiger partial charge in [-0.05, 0) is 39.3 Å². The zero-order valence-electron chi connectivity index (χ0n) is 15.3. The van der Waals surface area contributed by atoms with Crippen LogP contribution in [0, 0.1) is 6.92 Å². The SMILES string of the molecule is CCc1cnc2c(ccc3nc4c[nH+]c(C(=O)OC(C)C)c(C)c4c32)[nH]1. The zero-order valence-corrected chi connectivity index (χ0v) is 15.3. The minimum absolute atomic E-state index is 0.176. The van der Waals surface area contributed by atoms with Gasteiger partial charge in [-0.3, -0.25) is 4.98 Å². The largest absolute Gasteiger partial charge is 0.455 e. The number of hydrogen-bond acceptors (Lipinski definition) is 4. The van der Waals surface area contributed by atoms with Gasteiger partial charge in [0.05, 0.1) is 22.7 Å². The summed E-state index contributed by atoms with van der Waals surface area (Å²) in [5.41, 5.74) is 5.85. The van der Waals surface area contributed by atoms with Gasteiger partial charge in [0.25, 0.3) is 5.69 Å². The summed E-state index contributed by atoms with van der Waals surface area (Å²) in [5, 5.41) is 1.90. The smallest absolute Gasteiger partial charge is 0.404 e. The van der Waals surface area contributed by atoms with Crippen LogP contribution in [0.4, 0.5) is 0 Å².